The van der Waals surface area contributed by atoms with Gasteiger partial charge in [-0.1, -0.05) is 69.2 Å². The highest BCUT2D eigenvalue weighted by molar-refractivity contribution is 6.29. The van der Waals surface area contributed by atoms with E-state index in [1.807, 2.05) is 0 Å². The van der Waals surface area contributed by atoms with Crippen LogP contribution >= 0.6 is 11.6 Å². The molecule has 200 valence electrons. The number of piperidine rings is 1. The number of halogens is 1. The first-order chi connectivity index (χ1) is 17.1. The minimum atomic E-state index is -0.335. The highest BCUT2D eigenvalue weighted by atomic mass is 35.5. The number of carbonyl (C=O) groups is 1. The van der Waals surface area contributed by atoms with E-state index in [1.165, 1.54) is 5.57 Å². The molecule has 0 radical (unpaired) electrons. The summed E-state index contributed by atoms with van der Waals surface area (Å²) in [5.74, 6) is 1.21. The molecule has 1 aliphatic heterocycles. The van der Waals surface area contributed by atoms with Crippen LogP contribution in [0.25, 0.3) is 0 Å². The van der Waals surface area contributed by atoms with Gasteiger partial charge in [0.25, 0.3) is 0 Å². The molecule has 4 nitrogen and oxygen atoms in total. The maximum absolute atomic E-state index is 13.4. The second kappa shape index (κ2) is 12.0. The summed E-state index contributed by atoms with van der Waals surface area (Å²) < 4.78 is 0. The summed E-state index contributed by atoms with van der Waals surface area (Å²) in [6.07, 6.45) is 18.2. The molecule has 4 rings (SSSR count). The number of aliphatic hydroxyl groups excluding tert-OH is 1. The van der Waals surface area contributed by atoms with Gasteiger partial charge in [0.2, 0.25) is 5.91 Å². The fraction of sp³-hybridized carbons (Fsp3) is 0.710. The number of allylic oxidation sites excluding steroid dienone is 7. The van der Waals surface area contributed by atoms with Crippen LogP contribution in [0.1, 0.15) is 79.1 Å². The fourth-order valence-electron chi connectivity index (χ4n) is 6.89. The number of likely N-dealkylation sites (tertiary alicyclic amines) is 1. The van der Waals surface area contributed by atoms with Crippen LogP contribution in [0.2, 0.25) is 0 Å². The maximum Gasteiger partial charge on any atom is 0.223 e. The summed E-state index contributed by atoms with van der Waals surface area (Å²) in [4.78, 5) is 16.0. The number of nitrogens with zero attached hydrogens (tertiary/aromatic N) is 1. The van der Waals surface area contributed by atoms with E-state index in [1.54, 1.807) is 5.57 Å². The van der Waals surface area contributed by atoms with Crippen molar-refractivity contribution in [1.82, 2.24) is 10.2 Å². The van der Waals surface area contributed by atoms with Crippen LogP contribution in [0, 0.1) is 29.1 Å². The third-order valence-electron chi connectivity index (χ3n) is 9.11. The molecule has 0 aromatic heterocycles. The largest absolute Gasteiger partial charge is 0.392 e. The highest BCUT2D eigenvalue weighted by Gasteiger charge is 2.39. The lowest BCUT2D eigenvalue weighted by molar-refractivity contribution is -0.128. The Morgan fingerprint density at radius 2 is 2.00 bits per heavy atom. The van der Waals surface area contributed by atoms with E-state index in [0.717, 1.165) is 69.6 Å². The number of carbonyl (C=O) groups excluding carboxylic acids is 1. The Morgan fingerprint density at radius 1 is 1.19 bits per heavy atom. The van der Waals surface area contributed by atoms with Crippen molar-refractivity contribution in [2.75, 3.05) is 19.6 Å². The van der Waals surface area contributed by atoms with Crippen molar-refractivity contribution in [1.29, 1.82) is 0 Å². The minimum Gasteiger partial charge on any atom is -0.392 e. The molecule has 0 aromatic rings. The predicted molar refractivity (Wildman–Crippen MR) is 150 cm³/mol. The molecule has 2 fully saturated rings. The Morgan fingerprint density at radius 3 is 2.64 bits per heavy atom. The Balaban J connectivity index is 1.35. The zero-order valence-electron chi connectivity index (χ0n) is 22.8. The van der Waals surface area contributed by atoms with Crippen molar-refractivity contribution >= 4 is 17.5 Å². The lowest BCUT2D eigenvalue weighted by Gasteiger charge is -2.47. The fourth-order valence-corrected chi connectivity index (χ4v) is 7.05. The van der Waals surface area contributed by atoms with E-state index in [0.29, 0.717) is 18.3 Å². The summed E-state index contributed by atoms with van der Waals surface area (Å²) in [6.45, 7) is 12.2. The maximum atomic E-state index is 13.4. The summed E-state index contributed by atoms with van der Waals surface area (Å²) in [7, 11) is 0. The third kappa shape index (κ3) is 6.74. The summed E-state index contributed by atoms with van der Waals surface area (Å²) in [5.41, 5.74) is 2.97. The number of rotatable bonds is 7. The summed E-state index contributed by atoms with van der Waals surface area (Å²) >= 11 is 6.21. The van der Waals surface area contributed by atoms with Gasteiger partial charge in [-0.05, 0) is 86.8 Å². The van der Waals surface area contributed by atoms with Crippen LogP contribution in [0.4, 0.5) is 0 Å². The quantitative estimate of drug-likeness (QED) is 0.415. The molecule has 1 saturated heterocycles. The molecular weight excluding hydrogens is 468 g/mol. The summed E-state index contributed by atoms with van der Waals surface area (Å²) in [6, 6.07) is 0.138. The molecule has 3 unspecified atom stereocenters. The molecule has 0 bridgehead atoms. The molecule has 36 heavy (non-hydrogen) atoms. The van der Waals surface area contributed by atoms with Gasteiger partial charge < -0.3 is 15.3 Å². The first kappa shape index (κ1) is 27.7. The molecule has 0 spiro atoms. The van der Waals surface area contributed by atoms with Gasteiger partial charge in [-0.2, -0.15) is 0 Å². The Hall–Kier alpha value is -1.36. The lowest BCUT2D eigenvalue weighted by Crippen LogP contribution is -2.54. The van der Waals surface area contributed by atoms with E-state index in [4.69, 9.17) is 11.6 Å². The Bertz CT molecular complexity index is 916. The predicted octanol–water partition coefficient (Wildman–Crippen LogP) is 6.37. The van der Waals surface area contributed by atoms with Gasteiger partial charge in [0, 0.05) is 36.0 Å². The van der Waals surface area contributed by atoms with E-state index >= 15 is 0 Å². The van der Waals surface area contributed by atoms with Gasteiger partial charge in [-0.25, -0.2) is 0 Å². The second-order valence-electron chi connectivity index (χ2n) is 12.6. The van der Waals surface area contributed by atoms with Gasteiger partial charge >= 0.3 is 0 Å². The minimum absolute atomic E-state index is 0.0174. The summed E-state index contributed by atoms with van der Waals surface area (Å²) in [5, 5.41) is 15.1. The van der Waals surface area contributed by atoms with E-state index in [-0.39, 0.29) is 35.3 Å². The molecule has 3 aliphatic carbocycles. The van der Waals surface area contributed by atoms with E-state index in [2.05, 4.69) is 68.3 Å². The van der Waals surface area contributed by atoms with Crippen LogP contribution in [0.15, 0.2) is 46.6 Å². The molecule has 4 aliphatic rings. The molecule has 5 atom stereocenters. The molecule has 0 aromatic carbocycles. The highest BCUT2D eigenvalue weighted by Crippen LogP contribution is 2.43. The van der Waals surface area contributed by atoms with Crippen molar-refractivity contribution in [3.05, 3.63) is 46.6 Å². The van der Waals surface area contributed by atoms with Crippen LogP contribution in [-0.2, 0) is 4.79 Å². The molecule has 1 amide bonds. The van der Waals surface area contributed by atoms with Crippen molar-refractivity contribution in [3.8, 4) is 0 Å². The van der Waals surface area contributed by atoms with Crippen LogP contribution in [-0.4, -0.2) is 47.7 Å². The SMILES string of the molecule is CC(C)[C@H](CN1CC[C@H](C2=CC=C(Cl)CC2)C(C)(C)C1)NC(=O)C1CCC(O)C(C2=CCCC=C2)C1. The standard InChI is InChI=1S/C31H47ClN2O2/c1-21(2)28(19-34-17-16-27(31(3,4)20-34)23-10-13-25(32)14-11-23)33-30(36)24-12-15-29(35)26(18-24)22-8-6-5-7-9-22/h6,8-10,13,21,24,26-29,35H,5,7,11-12,14-20H2,1-4H3,(H,33,36)/t24?,26?,27-,28+,29?/m1/s1. The van der Waals surface area contributed by atoms with Crippen LogP contribution in [0.3, 0.4) is 0 Å². The number of hydrogen-bond acceptors (Lipinski definition) is 3. The number of hydrogen-bond donors (Lipinski definition) is 2. The van der Waals surface area contributed by atoms with Crippen LogP contribution < -0.4 is 5.32 Å². The molecule has 5 heteroatoms. The number of aliphatic hydroxyl groups is 1. The van der Waals surface area contributed by atoms with E-state index in [9.17, 15) is 9.90 Å². The van der Waals surface area contributed by atoms with Crippen molar-refractivity contribution in [3.63, 3.8) is 0 Å². The number of nitrogens with one attached hydrogen (secondary N) is 1. The van der Waals surface area contributed by atoms with Crippen LogP contribution in [0.5, 0.6) is 0 Å². The normalized spacial score (nSPS) is 31.9. The Labute approximate surface area is 223 Å². The smallest absolute Gasteiger partial charge is 0.223 e. The Kier molecular flexibility index (Phi) is 9.23. The van der Waals surface area contributed by atoms with Gasteiger partial charge in [0.15, 0.2) is 0 Å². The topological polar surface area (TPSA) is 52.6 Å². The first-order valence-electron chi connectivity index (χ1n) is 14.3. The second-order valence-corrected chi connectivity index (χ2v) is 13.1. The molecule has 2 N–H and O–H groups in total. The lowest BCUT2D eigenvalue weighted by atomic mass is 9.68. The monoisotopic (exact) mass is 514 g/mol. The van der Waals surface area contributed by atoms with Crippen molar-refractivity contribution in [2.24, 2.45) is 29.1 Å². The zero-order valence-corrected chi connectivity index (χ0v) is 23.6. The van der Waals surface area contributed by atoms with Gasteiger partial charge in [-0.3, -0.25) is 4.79 Å². The first-order valence-corrected chi connectivity index (χ1v) is 14.6. The van der Waals surface area contributed by atoms with Gasteiger partial charge in [0.05, 0.1) is 6.10 Å². The molecular formula is C31H47ClN2O2. The zero-order chi connectivity index (χ0) is 25.9. The average molecular weight is 515 g/mol. The molecule has 1 saturated carbocycles. The number of amides is 1. The van der Waals surface area contributed by atoms with Crippen molar-refractivity contribution < 1.29 is 9.90 Å². The van der Waals surface area contributed by atoms with E-state index < -0.39 is 0 Å². The van der Waals surface area contributed by atoms with Gasteiger partial charge in [0.1, 0.15) is 0 Å². The average Bonchev–Trinajstić information content (AvgIpc) is 2.84. The molecule has 1 heterocycles. The van der Waals surface area contributed by atoms with Gasteiger partial charge in [-0.15, -0.1) is 0 Å². The van der Waals surface area contributed by atoms with Crippen molar-refractivity contribution in [2.45, 2.75) is 91.2 Å². The third-order valence-corrected chi connectivity index (χ3v) is 9.43.